The summed E-state index contributed by atoms with van der Waals surface area (Å²) in [6.45, 7) is 0. The lowest BCUT2D eigenvalue weighted by atomic mass is 11.7. The van der Waals surface area contributed by atoms with E-state index in [2.05, 4.69) is 3.21 Å². The Morgan fingerprint density at radius 3 is 2.40 bits per heavy atom. The van der Waals surface area contributed by atoms with Crippen molar-refractivity contribution in [3.05, 3.63) is 0 Å². The third-order valence-corrected chi connectivity index (χ3v) is 0.463. The molecule has 4 heteroatoms. The van der Waals surface area contributed by atoms with Crippen molar-refractivity contribution >= 4 is 27.5 Å². The molecule has 0 unspecified atom stereocenters. The topological polar surface area (TPSA) is 46.5 Å². The molecule has 3 nitrogen and oxygen atoms in total. The number of carbonyl (C=O) groups excluding carboxylic acids is 1. The minimum absolute atomic E-state index is 1.13. The van der Waals surface area contributed by atoms with Crippen LogP contribution in [0.25, 0.3) is 0 Å². The van der Waals surface area contributed by atoms with Crippen LogP contribution in [0, 0.1) is 0 Å². The van der Waals surface area contributed by atoms with Gasteiger partial charge in [0.2, 0.25) is 6.08 Å². The van der Waals surface area contributed by atoms with Gasteiger partial charge in [-0.1, -0.05) is 0 Å². The average molecular weight is 185 g/mol. The van der Waals surface area contributed by atoms with Gasteiger partial charge in [-0.25, -0.2) is 7.86 Å². The van der Waals surface area contributed by atoms with Gasteiger partial charge in [-0.2, -0.15) is 0 Å². The summed E-state index contributed by atoms with van der Waals surface area (Å²) in [6, 6.07) is 0. The number of hydrogen-bond donors (Lipinski definition) is 0. The molecule has 0 aliphatic heterocycles. The van der Waals surface area contributed by atoms with E-state index in [0.717, 1.165) is 6.08 Å². The molecule has 0 aromatic heterocycles. The molecule has 28 valence electrons. The van der Waals surface area contributed by atoms with Crippen LogP contribution < -0.4 is 0 Å². The average Bonchev–Trinajstić information content (AvgIpc) is 1.41. The van der Waals surface area contributed by atoms with E-state index in [0.29, 0.717) is 0 Å². The normalized spacial score (nSPS) is 5.60. The molecule has 0 saturated carbocycles. The summed E-state index contributed by atoms with van der Waals surface area (Å²) < 4.78 is 11.9. The lowest BCUT2D eigenvalue weighted by molar-refractivity contribution is 0.566. The third-order valence-electron chi connectivity index (χ3n) is 0.0690. The van der Waals surface area contributed by atoms with Crippen LogP contribution in [0.2, 0.25) is 0 Å². The van der Waals surface area contributed by atoms with E-state index in [1.54, 1.807) is 0 Å². The zero-order valence-corrected chi connectivity index (χ0v) is 4.30. The van der Waals surface area contributed by atoms with Crippen molar-refractivity contribution in [3.8, 4) is 0 Å². The van der Waals surface area contributed by atoms with Crippen molar-refractivity contribution in [2.24, 2.45) is 3.21 Å². The lowest BCUT2D eigenvalue weighted by Gasteiger charge is -1.35. The molecule has 0 amide bonds. The smallest absolute Gasteiger partial charge is 0.243 e. The molecule has 0 heterocycles. The second-order valence-corrected chi connectivity index (χ2v) is 1.12. The Morgan fingerprint density at radius 2 is 2.40 bits per heavy atom. The zero-order chi connectivity index (χ0) is 4.12. The highest BCUT2D eigenvalue weighted by Gasteiger charge is 1.51. The van der Waals surface area contributed by atoms with Crippen LogP contribution in [0.4, 0.5) is 0 Å². The van der Waals surface area contributed by atoms with Crippen molar-refractivity contribution in [3.63, 3.8) is 0 Å². The summed E-state index contributed by atoms with van der Waals surface area (Å²) in [5.41, 5.74) is 0. The van der Waals surface area contributed by atoms with Gasteiger partial charge in [-0.15, -0.1) is 3.21 Å². The van der Waals surface area contributed by atoms with Gasteiger partial charge in [0.05, 0.1) is 0 Å². The Hall–Kier alpha value is -0.0900. The number of nitrogens with zero attached hydrogens (tertiary/aromatic N) is 1. The van der Waals surface area contributed by atoms with Crippen LogP contribution in [0.5, 0.6) is 0 Å². The van der Waals surface area contributed by atoms with Gasteiger partial charge in [-0.3, -0.25) is 0 Å². The first-order chi connectivity index (χ1) is 2.41. The van der Waals surface area contributed by atoms with Crippen molar-refractivity contribution in [2.75, 3.05) is 0 Å². The Kier molecular flexibility index (Phi) is 3.84. The van der Waals surface area contributed by atoms with Crippen LogP contribution in [0.3, 0.4) is 0 Å². The zero-order valence-electron chi connectivity index (χ0n) is 2.14. The predicted octanol–water partition coefficient (Wildman–Crippen LogP) is 0.553. The van der Waals surface area contributed by atoms with Gasteiger partial charge in [-0.05, 0) is 0 Å². The Morgan fingerprint density at radius 1 is 1.80 bits per heavy atom. The fourth-order valence-corrected chi connectivity index (χ4v) is 0.0945. The molecule has 0 bridgehead atoms. The van der Waals surface area contributed by atoms with Crippen molar-refractivity contribution < 1.29 is 7.86 Å². The van der Waals surface area contributed by atoms with E-state index in [1.165, 1.54) is 0 Å². The molecule has 0 aliphatic carbocycles. The Balaban J connectivity index is 3.31. The van der Waals surface area contributed by atoms with Crippen molar-refractivity contribution in [1.82, 2.24) is 0 Å². The molecule has 0 aromatic rings. The second-order valence-electron chi connectivity index (χ2n) is 0.245. The molecule has 0 atom stereocenters. The molecule has 0 radical (unpaired) electrons. The minimum atomic E-state index is -1.44. The predicted molar refractivity (Wildman–Crippen MR) is 22.8 cm³/mol. The first-order valence-electron chi connectivity index (χ1n) is 0.751. The maximum atomic E-state index is 9.21. The first-order valence-corrected chi connectivity index (χ1v) is 2.60. The molecular formula is CINO2. The SMILES string of the molecule is O=C=NI=O. The largest absolute Gasteiger partial charge is 0.306 e. The molecule has 0 spiro atoms. The molecular weight excluding hydrogens is 185 g/mol. The molecule has 0 rings (SSSR count). The standard InChI is InChI=1S/CINO2/c4-1-3-2-5. The minimum Gasteiger partial charge on any atom is -0.243 e. The van der Waals surface area contributed by atoms with Gasteiger partial charge in [0.25, 0.3) is 0 Å². The summed E-state index contributed by atoms with van der Waals surface area (Å²) in [5.74, 6) is 0. The van der Waals surface area contributed by atoms with E-state index in [4.69, 9.17) is 4.79 Å². The summed E-state index contributed by atoms with van der Waals surface area (Å²) in [4.78, 5) is 8.94. The highest BCUT2D eigenvalue weighted by molar-refractivity contribution is 14.1. The fraction of sp³-hybridized carbons (Fsp3) is 0. The van der Waals surface area contributed by atoms with E-state index in [-0.39, 0.29) is 0 Å². The van der Waals surface area contributed by atoms with E-state index >= 15 is 0 Å². The fourth-order valence-electron chi connectivity index (χ4n) is 0.0141. The lowest BCUT2D eigenvalue weighted by Crippen LogP contribution is -1.28. The van der Waals surface area contributed by atoms with E-state index in [9.17, 15) is 3.07 Å². The van der Waals surface area contributed by atoms with Crippen LogP contribution in [-0.2, 0) is 7.86 Å². The van der Waals surface area contributed by atoms with Gasteiger partial charge in [0.1, 0.15) is 0 Å². The van der Waals surface area contributed by atoms with Crippen LogP contribution in [0.1, 0.15) is 0 Å². The maximum Gasteiger partial charge on any atom is 0.306 e. The molecule has 0 aromatic carbocycles. The molecule has 0 fully saturated rings. The first kappa shape index (κ1) is 4.91. The molecule has 5 heavy (non-hydrogen) atoms. The van der Waals surface area contributed by atoms with E-state index in [1.807, 2.05) is 0 Å². The highest BCUT2D eigenvalue weighted by atomic mass is 127. The Labute approximate surface area is 39.1 Å². The van der Waals surface area contributed by atoms with E-state index < -0.39 is 21.5 Å². The van der Waals surface area contributed by atoms with Gasteiger partial charge >= 0.3 is 21.5 Å². The Bertz CT molecular complexity index is 73.7. The number of rotatable bonds is 1. The molecule has 0 N–H and O–H groups in total. The summed E-state index contributed by atoms with van der Waals surface area (Å²) in [6.07, 6.45) is 1.13. The third kappa shape index (κ3) is 3.91. The van der Waals surface area contributed by atoms with Gasteiger partial charge < -0.3 is 0 Å². The summed E-state index contributed by atoms with van der Waals surface area (Å²) >= 11 is -1.44. The van der Waals surface area contributed by atoms with Crippen LogP contribution in [-0.4, -0.2) is 6.08 Å². The number of hydrogen-bond acceptors (Lipinski definition) is 2. The van der Waals surface area contributed by atoms with Crippen molar-refractivity contribution in [2.45, 2.75) is 0 Å². The molecule has 0 saturated heterocycles. The quantitative estimate of drug-likeness (QED) is 0.340. The molecule has 0 aliphatic rings. The number of isocyanates is 1. The highest BCUT2D eigenvalue weighted by Crippen LogP contribution is 1.85. The van der Waals surface area contributed by atoms with Crippen LogP contribution in [0.15, 0.2) is 3.21 Å². The second kappa shape index (κ2) is 3.91. The summed E-state index contributed by atoms with van der Waals surface area (Å²) in [5, 5.41) is 0. The van der Waals surface area contributed by atoms with Crippen LogP contribution >= 0.6 is 21.5 Å². The summed E-state index contributed by atoms with van der Waals surface area (Å²) in [7, 11) is 0. The number of halogens is 1. The van der Waals surface area contributed by atoms with Crippen molar-refractivity contribution in [1.29, 1.82) is 0 Å². The maximum absolute atomic E-state index is 9.21. The van der Waals surface area contributed by atoms with Gasteiger partial charge in [0, 0.05) is 0 Å². The van der Waals surface area contributed by atoms with Gasteiger partial charge in [0.15, 0.2) is 0 Å². The monoisotopic (exact) mass is 185 g/mol.